The number of fused-ring (bicyclic) bond motifs is 1. The lowest BCUT2D eigenvalue weighted by atomic mass is 9.97. The number of benzene rings is 3. The summed E-state index contributed by atoms with van der Waals surface area (Å²) < 4.78 is 0. The van der Waals surface area contributed by atoms with E-state index in [0.29, 0.717) is 0 Å². The maximum absolute atomic E-state index is 3.73. The van der Waals surface area contributed by atoms with E-state index in [9.17, 15) is 0 Å². The van der Waals surface area contributed by atoms with Crippen LogP contribution in [-0.4, -0.2) is 0 Å². The Morgan fingerprint density at radius 2 is 1.54 bits per heavy atom. The minimum atomic E-state index is 1.14. The van der Waals surface area contributed by atoms with E-state index in [-0.39, 0.29) is 0 Å². The molecule has 0 amide bonds. The first-order chi connectivity index (χ1) is 12.7. The molecule has 0 saturated carbocycles. The number of hydrogen-bond acceptors (Lipinski definition) is 1. The molecule has 0 fully saturated rings. The summed E-state index contributed by atoms with van der Waals surface area (Å²) in [6.45, 7) is 6.65. The third-order valence-electron chi connectivity index (χ3n) is 5.44. The summed E-state index contributed by atoms with van der Waals surface area (Å²) in [6, 6.07) is 19.8. The van der Waals surface area contributed by atoms with Crippen molar-refractivity contribution >= 4 is 22.1 Å². The minimum Gasteiger partial charge on any atom is -0.355 e. The predicted octanol–water partition coefficient (Wildman–Crippen LogP) is 7.71. The first-order valence-corrected chi connectivity index (χ1v) is 10.0. The second kappa shape index (κ2) is 8.89. The van der Waals surface area contributed by atoms with Crippen LogP contribution in [0.1, 0.15) is 55.7 Å². The van der Waals surface area contributed by atoms with Crippen molar-refractivity contribution in [3.63, 3.8) is 0 Å². The first-order valence-electron chi connectivity index (χ1n) is 10.0. The van der Waals surface area contributed by atoms with Crippen LogP contribution in [0.5, 0.6) is 0 Å². The normalized spacial score (nSPS) is 11.0. The van der Waals surface area contributed by atoms with E-state index < -0.39 is 0 Å². The highest BCUT2D eigenvalue weighted by Gasteiger charge is 2.09. The Hall–Kier alpha value is -2.28. The van der Waals surface area contributed by atoms with Crippen molar-refractivity contribution in [1.29, 1.82) is 0 Å². The standard InChI is InChI=1S/C25H31N/c1-4-5-6-7-8-15-23-22-14-10-9-13-21(22)17-18-25(23)26-24-16-11-12-19(2)20(24)3/h9-14,16-18,26H,4-8,15H2,1-3H3. The highest BCUT2D eigenvalue weighted by Crippen LogP contribution is 2.31. The Morgan fingerprint density at radius 1 is 0.731 bits per heavy atom. The fraction of sp³-hybridized carbons (Fsp3) is 0.360. The van der Waals surface area contributed by atoms with Gasteiger partial charge in [0.25, 0.3) is 0 Å². The quantitative estimate of drug-likeness (QED) is 0.412. The number of anilines is 2. The molecule has 0 saturated heterocycles. The minimum absolute atomic E-state index is 1.14. The van der Waals surface area contributed by atoms with Gasteiger partial charge in [0.15, 0.2) is 0 Å². The highest BCUT2D eigenvalue weighted by molar-refractivity contribution is 5.91. The molecule has 0 aliphatic carbocycles. The third-order valence-corrected chi connectivity index (χ3v) is 5.44. The van der Waals surface area contributed by atoms with Crippen molar-refractivity contribution in [3.8, 4) is 0 Å². The first kappa shape index (κ1) is 18.5. The number of hydrogen-bond donors (Lipinski definition) is 1. The molecule has 0 atom stereocenters. The van der Waals surface area contributed by atoms with Crippen LogP contribution in [0.2, 0.25) is 0 Å². The third kappa shape index (κ3) is 4.27. The largest absolute Gasteiger partial charge is 0.355 e. The zero-order valence-corrected chi connectivity index (χ0v) is 16.4. The molecule has 0 bridgehead atoms. The van der Waals surface area contributed by atoms with Gasteiger partial charge in [0.05, 0.1) is 0 Å². The lowest BCUT2D eigenvalue weighted by Crippen LogP contribution is -2.00. The molecule has 1 heteroatoms. The Bertz CT molecular complexity index is 863. The fourth-order valence-corrected chi connectivity index (χ4v) is 3.66. The molecule has 0 aliphatic rings. The molecule has 3 rings (SSSR count). The van der Waals surface area contributed by atoms with E-state index in [1.54, 1.807) is 0 Å². The second-order valence-corrected chi connectivity index (χ2v) is 7.35. The molecule has 3 aromatic rings. The predicted molar refractivity (Wildman–Crippen MR) is 116 cm³/mol. The Kier molecular flexibility index (Phi) is 6.33. The van der Waals surface area contributed by atoms with Crippen molar-refractivity contribution < 1.29 is 0 Å². The zero-order valence-electron chi connectivity index (χ0n) is 16.4. The van der Waals surface area contributed by atoms with Crippen LogP contribution >= 0.6 is 0 Å². The Balaban J connectivity index is 1.90. The number of nitrogens with one attached hydrogen (secondary N) is 1. The van der Waals surface area contributed by atoms with E-state index in [2.05, 4.69) is 80.7 Å². The van der Waals surface area contributed by atoms with Crippen molar-refractivity contribution in [2.45, 2.75) is 59.3 Å². The maximum atomic E-state index is 3.73. The molecule has 26 heavy (non-hydrogen) atoms. The SMILES string of the molecule is CCCCCCCc1c(Nc2cccc(C)c2C)ccc2ccccc12. The average Bonchev–Trinajstić information content (AvgIpc) is 2.66. The maximum Gasteiger partial charge on any atom is 0.0423 e. The van der Waals surface area contributed by atoms with E-state index in [0.717, 1.165) is 6.42 Å². The second-order valence-electron chi connectivity index (χ2n) is 7.35. The summed E-state index contributed by atoms with van der Waals surface area (Å²) in [5, 5.41) is 6.45. The van der Waals surface area contributed by atoms with Crippen LogP contribution in [0.3, 0.4) is 0 Å². The van der Waals surface area contributed by atoms with Crippen LogP contribution in [0.15, 0.2) is 54.6 Å². The summed E-state index contributed by atoms with van der Waals surface area (Å²) in [4.78, 5) is 0. The molecule has 1 N–H and O–H groups in total. The molecule has 0 aromatic heterocycles. The van der Waals surface area contributed by atoms with Crippen molar-refractivity contribution in [3.05, 3.63) is 71.3 Å². The molecule has 0 unspecified atom stereocenters. The van der Waals surface area contributed by atoms with Crippen molar-refractivity contribution in [1.82, 2.24) is 0 Å². The van der Waals surface area contributed by atoms with Gasteiger partial charge in [-0.3, -0.25) is 0 Å². The van der Waals surface area contributed by atoms with Crippen LogP contribution in [0, 0.1) is 13.8 Å². The molecule has 0 radical (unpaired) electrons. The monoisotopic (exact) mass is 345 g/mol. The summed E-state index contributed by atoms with van der Waals surface area (Å²) in [5.74, 6) is 0. The summed E-state index contributed by atoms with van der Waals surface area (Å²) in [6.07, 6.45) is 7.71. The van der Waals surface area contributed by atoms with Gasteiger partial charge >= 0.3 is 0 Å². The lowest BCUT2D eigenvalue weighted by Gasteiger charge is -2.17. The molecule has 1 nitrogen and oxygen atoms in total. The van der Waals surface area contributed by atoms with E-state index >= 15 is 0 Å². The van der Waals surface area contributed by atoms with Gasteiger partial charge < -0.3 is 5.32 Å². The average molecular weight is 346 g/mol. The molecular weight excluding hydrogens is 314 g/mol. The van der Waals surface area contributed by atoms with Gasteiger partial charge in [0.1, 0.15) is 0 Å². The van der Waals surface area contributed by atoms with Gasteiger partial charge in [-0.2, -0.15) is 0 Å². The van der Waals surface area contributed by atoms with Crippen molar-refractivity contribution in [2.24, 2.45) is 0 Å². The summed E-state index contributed by atoms with van der Waals surface area (Å²) >= 11 is 0. The van der Waals surface area contributed by atoms with Crippen LogP contribution in [-0.2, 0) is 6.42 Å². The van der Waals surface area contributed by atoms with E-state index in [1.807, 2.05) is 0 Å². The molecule has 0 aliphatic heterocycles. The van der Waals surface area contributed by atoms with Gasteiger partial charge in [0, 0.05) is 11.4 Å². The topological polar surface area (TPSA) is 12.0 Å². The number of aryl methyl sites for hydroxylation is 2. The van der Waals surface area contributed by atoms with E-state index in [4.69, 9.17) is 0 Å². The fourth-order valence-electron chi connectivity index (χ4n) is 3.66. The molecule has 0 heterocycles. The van der Waals surface area contributed by atoms with E-state index in [1.165, 1.54) is 70.9 Å². The van der Waals surface area contributed by atoms with Gasteiger partial charge in [-0.1, -0.05) is 75.1 Å². The number of rotatable bonds is 8. The molecular formula is C25H31N. The van der Waals surface area contributed by atoms with Crippen molar-refractivity contribution in [2.75, 3.05) is 5.32 Å². The summed E-state index contributed by atoms with van der Waals surface area (Å²) in [7, 11) is 0. The van der Waals surface area contributed by atoms with Crippen LogP contribution in [0.4, 0.5) is 11.4 Å². The molecule has 3 aromatic carbocycles. The molecule has 0 spiro atoms. The van der Waals surface area contributed by atoms with Gasteiger partial charge in [-0.05, 0) is 66.3 Å². The van der Waals surface area contributed by atoms with Gasteiger partial charge in [0.2, 0.25) is 0 Å². The van der Waals surface area contributed by atoms with Crippen LogP contribution < -0.4 is 5.32 Å². The zero-order chi connectivity index (χ0) is 18.4. The van der Waals surface area contributed by atoms with Gasteiger partial charge in [-0.15, -0.1) is 0 Å². The Morgan fingerprint density at radius 3 is 2.38 bits per heavy atom. The molecule has 136 valence electrons. The summed E-state index contributed by atoms with van der Waals surface area (Å²) in [5.41, 5.74) is 6.59. The number of unbranched alkanes of at least 4 members (excludes halogenated alkanes) is 4. The Labute approximate surface area is 158 Å². The smallest absolute Gasteiger partial charge is 0.0423 e. The lowest BCUT2D eigenvalue weighted by molar-refractivity contribution is 0.633. The van der Waals surface area contributed by atoms with Crippen LogP contribution in [0.25, 0.3) is 10.8 Å². The van der Waals surface area contributed by atoms with Gasteiger partial charge in [-0.25, -0.2) is 0 Å². The highest BCUT2D eigenvalue weighted by atomic mass is 14.9.